The number of hydrogen-bond donors (Lipinski definition) is 4. The van der Waals surface area contributed by atoms with Crippen LogP contribution in [-0.2, 0) is 0 Å². The SMILES string of the molecule is OC1NNC(O)N1c1ccccc1. The van der Waals surface area contributed by atoms with Crippen LogP contribution in [0, 0.1) is 0 Å². The standard InChI is InChI=1S/C8H11N3O2/c12-7-9-10-8(13)11(7)6-4-2-1-3-5-6/h1-5,7-10,12-13H. The van der Waals surface area contributed by atoms with Gasteiger partial charge in [-0.15, -0.1) is 0 Å². The van der Waals surface area contributed by atoms with Crippen LogP contribution in [-0.4, -0.2) is 22.9 Å². The molecule has 13 heavy (non-hydrogen) atoms. The van der Waals surface area contributed by atoms with E-state index in [4.69, 9.17) is 0 Å². The molecule has 1 aromatic carbocycles. The van der Waals surface area contributed by atoms with Crippen molar-refractivity contribution in [2.45, 2.75) is 12.7 Å². The molecule has 1 fully saturated rings. The van der Waals surface area contributed by atoms with E-state index in [-0.39, 0.29) is 0 Å². The molecular formula is C8H11N3O2. The molecule has 2 unspecified atom stereocenters. The average Bonchev–Trinajstić information content (AvgIpc) is 2.48. The van der Waals surface area contributed by atoms with Crippen molar-refractivity contribution in [3.8, 4) is 0 Å². The highest BCUT2D eigenvalue weighted by molar-refractivity contribution is 5.47. The zero-order valence-electron chi connectivity index (χ0n) is 6.88. The second-order valence-electron chi connectivity index (χ2n) is 2.78. The molecule has 0 aromatic heterocycles. The lowest BCUT2D eigenvalue weighted by Gasteiger charge is -2.23. The van der Waals surface area contributed by atoms with E-state index in [1.165, 1.54) is 4.90 Å². The Morgan fingerprint density at radius 3 is 2.08 bits per heavy atom. The van der Waals surface area contributed by atoms with Crippen molar-refractivity contribution in [2.24, 2.45) is 0 Å². The van der Waals surface area contributed by atoms with Crippen molar-refractivity contribution in [1.29, 1.82) is 0 Å². The summed E-state index contributed by atoms with van der Waals surface area (Å²) in [5.74, 6) is 0. The van der Waals surface area contributed by atoms with Gasteiger partial charge in [0.05, 0.1) is 0 Å². The van der Waals surface area contributed by atoms with Crippen molar-refractivity contribution in [3.05, 3.63) is 30.3 Å². The Morgan fingerprint density at radius 2 is 1.54 bits per heavy atom. The highest BCUT2D eigenvalue weighted by Crippen LogP contribution is 2.17. The molecule has 1 aliphatic heterocycles. The van der Waals surface area contributed by atoms with E-state index in [0.29, 0.717) is 0 Å². The Balaban J connectivity index is 2.25. The molecule has 0 spiro atoms. The first kappa shape index (κ1) is 8.46. The molecule has 0 bridgehead atoms. The quantitative estimate of drug-likeness (QED) is 0.454. The van der Waals surface area contributed by atoms with Crippen molar-refractivity contribution in [1.82, 2.24) is 10.9 Å². The van der Waals surface area contributed by atoms with E-state index < -0.39 is 12.7 Å². The van der Waals surface area contributed by atoms with Crippen LogP contribution in [0.5, 0.6) is 0 Å². The first-order chi connectivity index (χ1) is 6.29. The summed E-state index contributed by atoms with van der Waals surface area (Å²) in [5, 5.41) is 18.8. The summed E-state index contributed by atoms with van der Waals surface area (Å²) >= 11 is 0. The van der Waals surface area contributed by atoms with Crippen molar-refractivity contribution in [3.63, 3.8) is 0 Å². The van der Waals surface area contributed by atoms with Crippen LogP contribution < -0.4 is 15.8 Å². The number of nitrogens with zero attached hydrogens (tertiary/aromatic N) is 1. The van der Waals surface area contributed by atoms with E-state index in [1.807, 2.05) is 18.2 Å². The highest BCUT2D eigenvalue weighted by atomic mass is 16.4. The molecule has 0 radical (unpaired) electrons. The Hall–Kier alpha value is -1.14. The van der Waals surface area contributed by atoms with Crippen molar-refractivity contribution >= 4 is 5.69 Å². The minimum atomic E-state index is -0.905. The first-order valence-corrected chi connectivity index (χ1v) is 3.99. The van der Waals surface area contributed by atoms with E-state index in [9.17, 15) is 10.2 Å². The van der Waals surface area contributed by atoms with Crippen LogP contribution in [0.25, 0.3) is 0 Å². The maximum atomic E-state index is 9.41. The molecule has 0 aliphatic carbocycles. The molecule has 0 saturated carbocycles. The third kappa shape index (κ3) is 1.50. The molecule has 2 rings (SSSR count). The predicted molar refractivity (Wildman–Crippen MR) is 47.2 cm³/mol. The van der Waals surface area contributed by atoms with Gasteiger partial charge in [-0.1, -0.05) is 18.2 Å². The fourth-order valence-electron chi connectivity index (χ4n) is 1.30. The lowest BCUT2D eigenvalue weighted by Crippen LogP contribution is -2.39. The molecule has 5 heteroatoms. The Kier molecular flexibility index (Phi) is 2.15. The summed E-state index contributed by atoms with van der Waals surface area (Å²) < 4.78 is 0. The van der Waals surface area contributed by atoms with Crippen LogP contribution in [0.15, 0.2) is 30.3 Å². The largest absolute Gasteiger partial charge is 0.360 e. The van der Waals surface area contributed by atoms with Gasteiger partial charge in [0.2, 0.25) is 0 Å². The van der Waals surface area contributed by atoms with E-state index in [0.717, 1.165) is 5.69 Å². The number of benzene rings is 1. The van der Waals surface area contributed by atoms with Gasteiger partial charge in [0, 0.05) is 5.69 Å². The average molecular weight is 181 g/mol. The number of aliphatic hydroxyl groups excluding tert-OH is 2. The monoisotopic (exact) mass is 181 g/mol. The Bertz CT molecular complexity index is 270. The number of hydrogen-bond acceptors (Lipinski definition) is 5. The number of para-hydroxylation sites is 1. The van der Waals surface area contributed by atoms with Gasteiger partial charge in [-0.2, -0.15) is 0 Å². The van der Waals surface area contributed by atoms with E-state index >= 15 is 0 Å². The predicted octanol–water partition coefficient (Wildman–Crippen LogP) is -0.847. The number of aliphatic hydroxyl groups is 2. The number of anilines is 1. The van der Waals surface area contributed by atoms with E-state index in [1.54, 1.807) is 12.1 Å². The number of nitrogens with one attached hydrogen (secondary N) is 2. The summed E-state index contributed by atoms with van der Waals surface area (Å²) in [7, 11) is 0. The second kappa shape index (κ2) is 3.31. The van der Waals surface area contributed by atoms with Crippen LogP contribution in [0.3, 0.4) is 0 Å². The maximum Gasteiger partial charge on any atom is 0.199 e. The second-order valence-corrected chi connectivity index (χ2v) is 2.78. The van der Waals surface area contributed by atoms with Gasteiger partial charge < -0.3 is 10.2 Å². The van der Waals surface area contributed by atoms with Crippen LogP contribution in [0.4, 0.5) is 5.69 Å². The molecule has 1 saturated heterocycles. The highest BCUT2D eigenvalue weighted by Gasteiger charge is 2.29. The third-order valence-electron chi connectivity index (χ3n) is 1.92. The smallest absolute Gasteiger partial charge is 0.199 e. The fraction of sp³-hybridized carbons (Fsp3) is 0.250. The molecule has 1 aromatic rings. The van der Waals surface area contributed by atoms with Gasteiger partial charge >= 0.3 is 0 Å². The number of rotatable bonds is 1. The first-order valence-electron chi connectivity index (χ1n) is 3.99. The maximum absolute atomic E-state index is 9.41. The zero-order valence-corrected chi connectivity index (χ0v) is 6.88. The zero-order chi connectivity index (χ0) is 9.26. The Morgan fingerprint density at radius 1 is 1.00 bits per heavy atom. The molecule has 2 atom stereocenters. The fourth-order valence-corrected chi connectivity index (χ4v) is 1.30. The van der Waals surface area contributed by atoms with Gasteiger partial charge in [0.1, 0.15) is 0 Å². The van der Waals surface area contributed by atoms with Crippen LogP contribution in [0.2, 0.25) is 0 Å². The molecule has 0 amide bonds. The summed E-state index contributed by atoms with van der Waals surface area (Å²) in [4.78, 5) is 1.42. The molecule has 5 nitrogen and oxygen atoms in total. The van der Waals surface area contributed by atoms with Crippen LogP contribution in [0.1, 0.15) is 0 Å². The molecule has 1 aliphatic rings. The van der Waals surface area contributed by atoms with E-state index in [2.05, 4.69) is 10.9 Å². The van der Waals surface area contributed by atoms with Gasteiger partial charge in [-0.05, 0) is 12.1 Å². The summed E-state index contributed by atoms with van der Waals surface area (Å²) in [6.45, 7) is 0. The van der Waals surface area contributed by atoms with Gasteiger partial charge in [0.25, 0.3) is 0 Å². The van der Waals surface area contributed by atoms with Gasteiger partial charge in [0.15, 0.2) is 12.7 Å². The van der Waals surface area contributed by atoms with Crippen LogP contribution >= 0.6 is 0 Å². The van der Waals surface area contributed by atoms with Gasteiger partial charge in [-0.3, -0.25) is 4.90 Å². The summed E-state index contributed by atoms with van der Waals surface area (Å²) in [6.07, 6.45) is -1.81. The number of hydrazine groups is 1. The summed E-state index contributed by atoms with van der Waals surface area (Å²) in [5.41, 5.74) is 5.75. The molecule has 70 valence electrons. The Labute approximate surface area is 75.6 Å². The lowest BCUT2D eigenvalue weighted by atomic mass is 10.3. The van der Waals surface area contributed by atoms with Crippen molar-refractivity contribution < 1.29 is 10.2 Å². The van der Waals surface area contributed by atoms with Crippen molar-refractivity contribution in [2.75, 3.05) is 4.90 Å². The minimum Gasteiger partial charge on any atom is -0.360 e. The molecule has 4 N–H and O–H groups in total. The lowest BCUT2D eigenvalue weighted by molar-refractivity contribution is 0.131. The minimum absolute atomic E-state index is 0.750. The molecular weight excluding hydrogens is 170 g/mol. The topological polar surface area (TPSA) is 67.8 Å². The normalized spacial score (nSPS) is 28.0. The third-order valence-corrected chi connectivity index (χ3v) is 1.92. The molecule has 1 heterocycles. The summed E-state index contributed by atoms with van der Waals surface area (Å²) in [6, 6.07) is 9.17. The van der Waals surface area contributed by atoms with Gasteiger partial charge in [-0.25, -0.2) is 10.9 Å².